The highest BCUT2D eigenvalue weighted by Gasteiger charge is 2.31. The average molecular weight is 1400 g/mol. The van der Waals surface area contributed by atoms with Crippen LogP contribution in [0.2, 0.25) is 0 Å². The highest BCUT2D eigenvalue weighted by Crippen LogP contribution is 2.46. The molecular formula is C76H98Cl4N4O12. The van der Waals surface area contributed by atoms with Gasteiger partial charge in [-0.15, -0.1) is 49.6 Å². The van der Waals surface area contributed by atoms with Gasteiger partial charge in [0.1, 0.15) is 23.0 Å². The molecule has 0 radical (unpaired) electrons. The van der Waals surface area contributed by atoms with Crippen molar-refractivity contribution in [3.8, 4) is 69.0 Å². The van der Waals surface area contributed by atoms with Crippen molar-refractivity contribution in [2.45, 2.75) is 114 Å². The summed E-state index contributed by atoms with van der Waals surface area (Å²) in [6.07, 6.45) is 14.4. The SMILES string of the molecule is COc1cc2c(cc1Oc1ccccc1)C(CCC(CCC(CCC1NCCc3cc(OC)c(Oc4ccccc4)cc31)CCC1NCCc3cc(OC)c(Oc4ccccc4)cc31)CCC1NCCc3cc(OC)c(Oc4ccccc4)cc31)NCC2.Cl.Cl.Cl.Cl.O.O.O.O. The van der Waals surface area contributed by atoms with E-state index in [4.69, 9.17) is 37.9 Å². The third-order valence-electron chi connectivity index (χ3n) is 18.7. The summed E-state index contributed by atoms with van der Waals surface area (Å²) in [5, 5.41) is 15.9. The van der Waals surface area contributed by atoms with Gasteiger partial charge in [-0.25, -0.2) is 0 Å². The number of rotatable bonds is 27. The van der Waals surface area contributed by atoms with Gasteiger partial charge in [0.25, 0.3) is 0 Å². The topological polar surface area (TPSA) is 248 Å². The van der Waals surface area contributed by atoms with Gasteiger partial charge in [-0.1, -0.05) is 85.6 Å². The van der Waals surface area contributed by atoms with Crippen molar-refractivity contribution in [3.63, 3.8) is 0 Å². The van der Waals surface area contributed by atoms with Crippen LogP contribution in [-0.2, 0) is 25.7 Å². The van der Waals surface area contributed by atoms with Crippen LogP contribution in [0.4, 0.5) is 0 Å². The van der Waals surface area contributed by atoms with Gasteiger partial charge in [0, 0.05) is 24.2 Å². The van der Waals surface area contributed by atoms with E-state index in [1.54, 1.807) is 28.4 Å². The number of ether oxygens (including phenoxy) is 8. The number of hydrogen-bond donors (Lipinski definition) is 4. The Morgan fingerprint density at radius 2 is 0.500 bits per heavy atom. The second kappa shape index (κ2) is 40.0. The highest BCUT2D eigenvalue weighted by molar-refractivity contribution is 5.86. The van der Waals surface area contributed by atoms with Crippen LogP contribution in [0.15, 0.2) is 170 Å². The molecule has 0 amide bonds. The first-order valence-corrected chi connectivity index (χ1v) is 32.1. The van der Waals surface area contributed by atoms with Crippen LogP contribution >= 0.6 is 49.6 Å². The van der Waals surface area contributed by atoms with Gasteiger partial charge < -0.3 is 81.1 Å². The molecule has 0 fully saturated rings. The third-order valence-corrected chi connectivity index (χ3v) is 18.7. The van der Waals surface area contributed by atoms with E-state index in [2.05, 4.69) is 69.8 Å². The molecule has 0 aliphatic carbocycles. The second-order valence-corrected chi connectivity index (χ2v) is 24.1. The predicted molar refractivity (Wildman–Crippen MR) is 392 cm³/mol. The monoisotopic (exact) mass is 1400 g/mol. The molecule has 96 heavy (non-hydrogen) atoms. The molecule has 0 saturated heterocycles. The van der Waals surface area contributed by atoms with E-state index in [1.165, 1.54) is 44.5 Å². The first kappa shape index (κ1) is 81.4. The van der Waals surface area contributed by atoms with Crippen molar-refractivity contribution in [1.82, 2.24) is 21.3 Å². The molecule has 4 aliphatic rings. The van der Waals surface area contributed by atoms with Gasteiger partial charge in [0.2, 0.25) is 0 Å². The van der Waals surface area contributed by atoms with Crippen LogP contribution in [0.5, 0.6) is 69.0 Å². The van der Waals surface area contributed by atoms with Gasteiger partial charge in [-0.2, -0.15) is 0 Å². The minimum atomic E-state index is 0. The van der Waals surface area contributed by atoms with Crippen LogP contribution in [-0.4, -0.2) is 76.5 Å². The molecule has 0 bridgehead atoms. The zero-order valence-electron chi connectivity index (χ0n) is 55.3. The standard InChI is InChI=1S/C76H86N4O8.4ClH.4H2O/c1-81-69-43-53-35-39-77-65(61(53)47-73(69)85-57-17-9-5-10-18-57)31-27-51(28-32-66-62-48-74(86-58-19-11-6-12-20-58)70(82-2)44-54(62)36-40-78-66)25-26-52(29-33-67-63-49-75(87-59-21-13-7-14-22-59)71(83-3)45-55(63)37-41-79-67)30-34-68-64-50-76(88-60-23-15-8-16-24-60)72(84-4)46-56(64)38-42-80-68;;;;;;;;/h5-24,43-52,65-68,77-80H,25-42H2,1-4H3;4*1H;4*1H2. The van der Waals surface area contributed by atoms with Gasteiger partial charge in [-0.05, 0) is 257 Å². The predicted octanol–water partition coefficient (Wildman–Crippen LogP) is 15.3. The molecule has 4 unspecified atom stereocenters. The molecule has 8 aromatic rings. The lowest BCUT2D eigenvalue weighted by molar-refractivity contribution is 0.279. The van der Waals surface area contributed by atoms with E-state index in [1.807, 2.05) is 121 Å². The van der Waals surface area contributed by atoms with Crippen molar-refractivity contribution in [3.05, 3.63) is 214 Å². The Hall–Kier alpha value is -7.00. The quantitative estimate of drug-likeness (QED) is 0.0375. The Labute approximate surface area is 591 Å². The first-order valence-electron chi connectivity index (χ1n) is 32.1. The molecule has 0 aromatic heterocycles. The molecule has 522 valence electrons. The van der Waals surface area contributed by atoms with Crippen molar-refractivity contribution in [2.75, 3.05) is 54.6 Å². The summed E-state index contributed by atoms with van der Waals surface area (Å²) in [5.41, 5.74) is 10.5. The van der Waals surface area contributed by atoms with Crippen LogP contribution in [0.1, 0.15) is 133 Å². The summed E-state index contributed by atoms with van der Waals surface area (Å²) in [5.74, 6) is 10.2. The lowest BCUT2D eigenvalue weighted by Gasteiger charge is -2.33. The maximum atomic E-state index is 6.54. The summed E-state index contributed by atoms with van der Waals surface area (Å²) in [6.45, 7) is 3.67. The molecule has 4 aliphatic heterocycles. The normalized spacial score (nSPS) is 16.8. The summed E-state index contributed by atoms with van der Waals surface area (Å²) in [4.78, 5) is 0. The van der Waals surface area contributed by atoms with E-state index in [0.717, 1.165) is 185 Å². The second-order valence-electron chi connectivity index (χ2n) is 24.1. The Kier molecular flexibility index (Phi) is 34.0. The molecule has 0 spiro atoms. The van der Waals surface area contributed by atoms with Crippen molar-refractivity contribution >= 4 is 49.6 Å². The van der Waals surface area contributed by atoms with Crippen LogP contribution in [0.25, 0.3) is 0 Å². The van der Waals surface area contributed by atoms with Gasteiger partial charge in [0.05, 0.1) is 28.4 Å². The molecule has 4 heterocycles. The molecule has 16 nitrogen and oxygen atoms in total. The fourth-order valence-electron chi connectivity index (χ4n) is 14.0. The summed E-state index contributed by atoms with van der Waals surface area (Å²) in [7, 11) is 6.96. The van der Waals surface area contributed by atoms with E-state index < -0.39 is 0 Å². The molecule has 20 heteroatoms. The smallest absolute Gasteiger partial charge is 0.169 e. The zero-order chi connectivity index (χ0) is 60.0. The van der Waals surface area contributed by atoms with Gasteiger partial charge in [0.15, 0.2) is 46.0 Å². The lowest BCUT2D eigenvalue weighted by Crippen LogP contribution is -2.31. The molecule has 0 saturated carbocycles. The molecule has 12 rings (SSSR count). The molecule has 8 aromatic carbocycles. The fourth-order valence-corrected chi connectivity index (χ4v) is 14.0. The van der Waals surface area contributed by atoms with Crippen molar-refractivity contribution < 1.29 is 59.8 Å². The third kappa shape index (κ3) is 20.3. The van der Waals surface area contributed by atoms with Crippen LogP contribution < -0.4 is 59.2 Å². The van der Waals surface area contributed by atoms with Crippen molar-refractivity contribution in [2.24, 2.45) is 11.8 Å². The number of methoxy groups -OCH3 is 4. The zero-order valence-corrected chi connectivity index (χ0v) is 58.5. The minimum Gasteiger partial charge on any atom is -0.493 e. The van der Waals surface area contributed by atoms with Crippen LogP contribution in [0, 0.1) is 11.8 Å². The van der Waals surface area contributed by atoms with E-state index in [9.17, 15) is 0 Å². The Morgan fingerprint density at radius 1 is 0.292 bits per heavy atom. The first-order chi connectivity index (χ1) is 43.4. The van der Waals surface area contributed by atoms with Gasteiger partial charge in [-0.3, -0.25) is 0 Å². The lowest BCUT2D eigenvalue weighted by atomic mass is 9.80. The van der Waals surface area contributed by atoms with E-state index >= 15 is 0 Å². The maximum Gasteiger partial charge on any atom is 0.169 e. The summed E-state index contributed by atoms with van der Waals surface area (Å²) < 4.78 is 50.0. The number of benzene rings is 8. The highest BCUT2D eigenvalue weighted by atomic mass is 35.5. The van der Waals surface area contributed by atoms with Crippen LogP contribution in [0.3, 0.4) is 0 Å². The Morgan fingerprint density at radius 3 is 0.698 bits per heavy atom. The Balaban J connectivity index is 0.00000245. The largest absolute Gasteiger partial charge is 0.493 e. The fraction of sp³-hybridized carbons (Fsp3) is 0.368. The summed E-state index contributed by atoms with van der Waals surface area (Å²) in [6, 6.07) is 58.6. The van der Waals surface area contributed by atoms with E-state index in [-0.39, 0.29) is 95.7 Å². The number of halogens is 4. The molecule has 12 N–H and O–H groups in total. The number of nitrogens with one attached hydrogen (secondary N) is 4. The number of fused-ring (bicyclic) bond motifs is 4. The molecular weight excluding hydrogens is 1300 g/mol. The average Bonchev–Trinajstić information content (AvgIpc) is 0.845. The number of para-hydroxylation sites is 4. The summed E-state index contributed by atoms with van der Waals surface area (Å²) >= 11 is 0. The van der Waals surface area contributed by atoms with Gasteiger partial charge >= 0.3 is 0 Å². The van der Waals surface area contributed by atoms with Crippen molar-refractivity contribution in [1.29, 1.82) is 0 Å². The maximum absolute atomic E-state index is 6.54. The van der Waals surface area contributed by atoms with E-state index in [0.29, 0.717) is 11.8 Å². The Bertz CT molecular complexity index is 3120. The minimum absolute atomic E-state index is 0. The molecule has 4 atom stereocenters. The number of hydrogen-bond acceptors (Lipinski definition) is 12.